The summed E-state index contributed by atoms with van der Waals surface area (Å²) in [5.41, 5.74) is 4.36. The molecule has 0 saturated carbocycles. The number of aryl methyl sites for hydroxylation is 1. The van der Waals surface area contributed by atoms with Gasteiger partial charge in [0.2, 0.25) is 0 Å². The number of fused-ring (bicyclic) bond motifs is 1. The summed E-state index contributed by atoms with van der Waals surface area (Å²) in [5, 5.41) is 2.79. The summed E-state index contributed by atoms with van der Waals surface area (Å²) in [5.74, 6) is 0.893. The van der Waals surface area contributed by atoms with Crippen LogP contribution in [-0.2, 0) is 16.1 Å². The molecule has 0 fully saturated rings. The third-order valence-electron chi connectivity index (χ3n) is 5.30. The second-order valence-corrected chi connectivity index (χ2v) is 8.39. The number of carbonyl (C=O) groups is 1. The highest BCUT2D eigenvalue weighted by molar-refractivity contribution is 8.16. The number of hydrogen-bond acceptors (Lipinski definition) is 7. The standard InChI is InChI=1S/C25H26N2O4S/c1-5-30-24(28)22-17(3)26-25-27(11-12-32-25)23(22)19-9-10-20(21(14-19)29-4)31-15-18-8-6-7-16(2)13-18/h6-14,23H,5,15H2,1-4H3/t23-/m0/s1. The van der Waals surface area contributed by atoms with E-state index >= 15 is 0 Å². The van der Waals surface area contributed by atoms with Crippen LogP contribution in [0.15, 0.2) is 70.3 Å². The SMILES string of the molecule is CCOC(=O)C1=C(C)N=C2SC=CN2[C@H]1c1ccc(OCc2cccc(C)c2)c(OC)c1. The van der Waals surface area contributed by atoms with Crippen LogP contribution < -0.4 is 9.47 Å². The third-order valence-corrected chi connectivity index (χ3v) is 6.07. The molecule has 0 aromatic heterocycles. The number of esters is 1. The van der Waals surface area contributed by atoms with E-state index in [1.54, 1.807) is 14.0 Å². The number of hydrogen-bond donors (Lipinski definition) is 0. The summed E-state index contributed by atoms with van der Waals surface area (Å²) in [6.45, 7) is 6.45. The predicted octanol–water partition coefficient (Wildman–Crippen LogP) is 5.35. The minimum atomic E-state index is -0.359. The molecule has 0 radical (unpaired) electrons. The zero-order valence-electron chi connectivity index (χ0n) is 18.6. The predicted molar refractivity (Wildman–Crippen MR) is 127 cm³/mol. The van der Waals surface area contributed by atoms with Gasteiger partial charge in [-0.25, -0.2) is 9.79 Å². The quantitative estimate of drug-likeness (QED) is 0.530. The van der Waals surface area contributed by atoms with E-state index in [0.717, 1.165) is 16.3 Å². The number of amidine groups is 1. The summed E-state index contributed by atoms with van der Waals surface area (Å²) in [6.07, 6.45) is 1.94. The van der Waals surface area contributed by atoms with Crippen LogP contribution in [0.5, 0.6) is 11.5 Å². The molecule has 0 unspecified atom stereocenters. The van der Waals surface area contributed by atoms with Gasteiger partial charge in [-0.05, 0) is 49.4 Å². The molecule has 0 spiro atoms. The van der Waals surface area contributed by atoms with Crippen LogP contribution in [0.4, 0.5) is 0 Å². The molecule has 166 valence electrons. The Morgan fingerprint density at radius 1 is 1.16 bits per heavy atom. The molecule has 2 aromatic rings. The first-order valence-electron chi connectivity index (χ1n) is 10.5. The maximum absolute atomic E-state index is 12.8. The zero-order valence-corrected chi connectivity index (χ0v) is 19.4. The van der Waals surface area contributed by atoms with Gasteiger partial charge in [0.05, 0.1) is 31.0 Å². The molecule has 7 heteroatoms. The molecular formula is C25H26N2O4S. The fraction of sp³-hybridized carbons (Fsp3) is 0.280. The topological polar surface area (TPSA) is 60.4 Å². The molecule has 2 aromatic carbocycles. The van der Waals surface area contributed by atoms with E-state index in [4.69, 9.17) is 14.2 Å². The number of thioether (sulfide) groups is 1. The van der Waals surface area contributed by atoms with E-state index in [1.807, 2.05) is 53.8 Å². The fourth-order valence-corrected chi connectivity index (χ4v) is 4.63. The van der Waals surface area contributed by atoms with E-state index in [1.165, 1.54) is 17.3 Å². The van der Waals surface area contributed by atoms with E-state index in [2.05, 4.69) is 24.0 Å². The summed E-state index contributed by atoms with van der Waals surface area (Å²) in [4.78, 5) is 19.4. The van der Waals surface area contributed by atoms with Gasteiger partial charge in [0.25, 0.3) is 0 Å². The van der Waals surface area contributed by atoms with Gasteiger partial charge in [0.15, 0.2) is 16.7 Å². The number of nitrogens with zero attached hydrogens (tertiary/aromatic N) is 2. The van der Waals surface area contributed by atoms with Gasteiger partial charge < -0.3 is 19.1 Å². The molecular weight excluding hydrogens is 424 g/mol. The smallest absolute Gasteiger partial charge is 0.338 e. The first-order chi connectivity index (χ1) is 15.5. The Bertz CT molecular complexity index is 1120. The van der Waals surface area contributed by atoms with Crippen LogP contribution in [0.1, 0.15) is 36.6 Å². The normalized spacial score (nSPS) is 17.2. The number of rotatable bonds is 7. The van der Waals surface area contributed by atoms with Crippen LogP contribution in [0, 0.1) is 6.92 Å². The highest BCUT2D eigenvalue weighted by atomic mass is 32.2. The van der Waals surface area contributed by atoms with Crippen LogP contribution in [0.25, 0.3) is 0 Å². The van der Waals surface area contributed by atoms with Crippen molar-refractivity contribution in [3.05, 3.63) is 82.0 Å². The molecule has 32 heavy (non-hydrogen) atoms. The van der Waals surface area contributed by atoms with Crippen molar-refractivity contribution in [3.8, 4) is 11.5 Å². The Balaban J connectivity index is 1.66. The largest absolute Gasteiger partial charge is 0.493 e. The second-order valence-electron chi connectivity index (χ2n) is 7.51. The molecule has 1 atom stereocenters. The van der Waals surface area contributed by atoms with E-state index in [9.17, 15) is 4.79 Å². The average molecular weight is 451 g/mol. The van der Waals surface area contributed by atoms with Gasteiger partial charge in [-0.2, -0.15) is 0 Å². The van der Waals surface area contributed by atoms with Gasteiger partial charge in [0.1, 0.15) is 6.61 Å². The zero-order chi connectivity index (χ0) is 22.7. The van der Waals surface area contributed by atoms with Crippen molar-refractivity contribution in [2.75, 3.05) is 13.7 Å². The number of methoxy groups -OCH3 is 1. The first kappa shape index (κ1) is 22.0. The Morgan fingerprint density at radius 2 is 2.00 bits per heavy atom. The van der Waals surface area contributed by atoms with Crippen LogP contribution in [-0.4, -0.2) is 29.8 Å². The summed E-state index contributed by atoms with van der Waals surface area (Å²) in [6, 6.07) is 13.6. The highest BCUT2D eigenvalue weighted by Crippen LogP contribution is 2.43. The second kappa shape index (κ2) is 9.53. The minimum absolute atomic E-state index is 0.304. The van der Waals surface area contributed by atoms with Gasteiger partial charge in [-0.1, -0.05) is 47.7 Å². The Morgan fingerprint density at radius 3 is 2.75 bits per heavy atom. The van der Waals surface area contributed by atoms with Crippen molar-refractivity contribution in [1.29, 1.82) is 0 Å². The number of ether oxygens (including phenoxy) is 3. The first-order valence-corrected chi connectivity index (χ1v) is 11.3. The monoisotopic (exact) mass is 450 g/mol. The highest BCUT2D eigenvalue weighted by Gasteiger charge is 2.37. The lowest BCUT2D eigenvalue weighted by atomic mass is 9.94. The Hall–Kier alpha value is -3.19. The van der Waals surface area contributed by atoms with E-state index < -0.39 is 0 Å². The summed E-state index contributed by atoms with van der Waals surface area (Å²) >= 11 is 1.53. The van der Waals surface area contributed by atoms with Crippen molar-refractivity contribution in [2.45, 2.75) is 33.4 Å². The lowest BCUT2D eigenvalue weighted by molar-refractivity contribution is -0.139. The van der Waals surface area contributed by atoms with Crippen molar-refractivity contribution >= 4 is 22.9 Å². The molecule has 0 amide bonds. The maximum atomic E-state index is 12.8. The van der Waals surface area contributed by atoms with E-state index in [0.29, 0.717) is 36.0 Å². The molecule has 2 heterocycles. The number of aliphatic imine (C=N–C) groups is 1. The van der Waals surface area contributed by atoms with Crippen LogP contribution in [0.3, 0.4) is 0 Å². The molecule has 0 aliphatic carbocycles. The van der Waals surface area contributed by atoms with Gasteiger partial charge in [-0.15, -0.1) is 0 Å². The summed E-state index contributed by atoms with van der Waals surface area (Å²) < 4.78 is 17.0. The van der Waals surface area contributed by atoms with Gasteiger partial charge in [-0.3, -0.25) is 0 Å². The van der Waals surface area contributed by atoms with Gasteiger partial charge in [0, 0.05) is 6.20 Å². The molecule has 0 N–H and O–H groups in total. The molecule has 2 aliphatic rings. The molecule has 0 saturated heterocycles. The van der Waals surface area contributed by atoms with Crippen molar-refractivity contribution < 1.29 is 19.0 Å². The number of carbonyl (C=O) groups excluding carboxylic acids is 1. The Labute approximate surface area is 192 Å². The van der Waals surface area contributed by atoms with Crippen molar-refractivity contribution in [2.24, 2.45) is 4.99 Å². The fourth-order valence-electron chi connectivity index (χ4n) is 3.83. The number of allylic oxidation sites excluding steroid dienone is 1. The van der Waals surface area contributed by atoms with Crippen molar-refractivity contribution in [1.82, 2.24) is 4.90 Å². The summed E-state index contributed by atoms with van der Waals surface area (Å²) in [7, 11) is 1.62. The average Bonchev–Trinajstić information content (AvgIpc) is 3.25. The lowest BCUT2D eigenvalue weighted by Crippen LogP contribution is -2.34. The van der Waals surface area contributed by atoms with Gasteiger partial charge >= 0.3 is 5.97 Å². The van der Waals surface area contributed by atoms with Crippen molar-refractivity contribution in [3.63, 3.8) is 0 Å². The number of benzene rings is 2. The molecule has 0 bridgehead atoms. The minimum Gasteiger partial charge on any atom is -0.493 e. The molecule has 2 aliphatic heterocycles. The van der Waals surface area contributed by atoms with Crippen LogP contribution in [0.2, 0.25) is 0 Å². The maximum Gasteiger partial charge on any atom is 0.338 e. The van der Waals surface area contributed by atoms with E-state index in [-0.39, 0.29) is 12.0 Å². The van der Waals surface area contributed by atoms with Crippen LogP contribution >= 0.6 is 11.8 Å². The molecule has 4 rings (SSSR count). The third kappa shape index (κ3) is 4.39. The lowest BCUT2D eigenvalue weighted by Gasteiger charge is -2.33. The molecule has 6 nitrogen and oxygen atoms in total. The Kier molecular flexibility index (Phi) is 6.55.